The van der Waals surface area contributed by atoms with Crippen LogP contribution in [-0.2, 0) is 11.2 Å². The summed E-state index contributed by atoms with van der Waals surface area (Å²) in [6.07, 6.45) is 0.838. The summed E-state index contributed by atoms with van der Waals surface area (Å²) in [5.41, 5.74) is 2.58. The van der Waals surface area contributed by atoms with Gasteiger partial charge in [-0.05, 0) is 35.6 Å². The maximum Gasteiger partial charge on any atom is 0.253 e. The Morgan fingerprint density at radius 2 is 1.53 bits per heavy atom. The zero-order valence-corrected chi connectivity index (χ0v) is 17.2. The van der Waals surface area contributed by atoms with E-state index in [1.807, 2.05) is 35.7 Å². The monoisotopic (exact) mass is 421 g/mol. The van der Waals surface area contributed by atoms with Crippen molar-refractivity contribution >= 4 is 34.7 Å². The van der Waals surface area contributed by atoms with Crippen molar-refractivity contribution in [1.29, 1.82) is 0 Å². The quantitative estimate of drug-likeness (QED) is 0.494. The molecule has 0 bridgehead atoms. The summed E-state index contributed by atoms with van der Waals surface area (Å²) in [7, 11) is 0. The van der Waals surface area contributed by atoms with Gasteiger partial charge in [0.25, 0.3) is 11.8 Å². The average Bonchev–Trinajstić information content (AvgIpc) is 3.30. The first kappa shape index (κ1) is 21.3. The van der Waals surface area contributed by atoms with Crippen molar-refractivity contribution in [3.63, 3.8) is 0 Å². The van der Waals surface area contributed by atoms with E-state index in [2.05, 4.69) is 16.0 Å². The van der Waals surface area contributed by atoms with E-state index in [1.54, 1.807) is 35.7 Å². The van der Waals surface area contributed by atoms with Crippen LogP contribution in [0.5, 0.6) is 0 Å². The van der Waals surface area contributed by atoms with Crippen LogP contribution in [0.25, 0.3) is 0 Å². The summed E-state index contributed by atoms with van der Waals surface area (Å²) in [6.45, 7) is 0.714. The van der Waals surface area contributed by atoms with E-state index in [0.717, 1.165) is 12.0 Å². The van der Waals surface area contributed by atoms with Crippen LogP contribution in [0.2, 0.25) is 0 Å². The molecule has 6 nitrogen and oxygen atoms in total. The highest BCUT2D eigenvalue weighted by molar-refractivity contribution is 7.08. The van der Waals surface area contributed by atoms with Gasteiger partial charge < -0.3 is 16.0 Å². The van der Waals surface area contributed by atoms with Gasteiger partial charge in [-0.25, -0.2) is 0 Å². The molecule has 0 spiro atoms. The number of rotatable bonds is 9. The third kappa shape index (κ3) is 6.28. The molecule has 1 heterocycles. The van der Waals surface area contributed by atoms with Crippen LogP contribution in [0.1, 0.15) is 32.7 Å². The number of amides is 3. The van der Waals surface area contributed by atoms with Gasteiger partial charge in [0.05, 0.1) is 11.3 Å². The second-order valence-corrected chi connectivity index (χ2v) is 7.38. The van der Waals surface area contributed by atoms with Crippen LogP contribution in [0, 0.1) is 0 Å². The Morgan fingerprint density at radius 1 is 0.800 bits per heavy atom. The molecule has 7 heteroatoms. The van der Waals surface area contributed by atoms with E-state index in [-0.39, 0.29) is 30.7 Å². The number of hydrogen-bond acceptors (Lipinski definition) is 4. The zero-order valence-electron chi connectivity index (χ0n) is 16.4. The van der Waals surface area contributed by atoms with Crippen molar-refractivity contribution in [3.8, 4) is 0 Å². The van der Waals surface area contributed by atoms with Crippen molar-refractivity contribution in [2.24, 2.45) is 0 Å². The number of carbonyl (C=O) groups excluding carboxylic acids is 3. The minimum absolute atomic E-state index is 0.111. The Morgan fingerprint density at radius 3 is 2.30 bits per heavy atom. The Bertz CT molecular complexity index is 988. The van der Waals surface area contributed by atoms with Crippen LogP contribution in [0.4, 0.5) is 5.69 Å². The van der Waals surface area contributed by atoms with Gasteiger partial charge in [0, 0.05) is 30.5 Å². The van der Waals surface area contributed by atoms with Gasteiger partial charge in [-0.15, -0.1) is 0 Å². The third-order valence-corrected chi connectivity index (χ3v) is 5.09. The van der Waals surface area contributed by atoms with E-state index in [1.165, 1.54) is 11.3 Å². The molecular weight excluding hydrogens is 398 g/mol. The predicted molar refractivity (Wildman–Crippen MR) is 119 cm³/mol. The van der Waals surface area contributed by atoms with E-state index in [9.17, 15) is 14.4 Å². The van der Waals surface area contributed by atoms with Crippen molar-refractivity contribution in [1.82, 2.24) is 10.6 Å². The minimum atomic E-state index is -0.273. The van der Waals surface area contributed by atoms with Gasteiger partial charge in [0.2, 0.25) is 5.91 Å². The summed E-state index contributed by atoms with van der Waals surface area (Å²) >= 11 is 1.44. The maximum atomic E-state index is 12.6. The fourth-order valence-corrected chi connectivity index (χ4v) is 3.48. The van der Waals surface area contributed by atoms with Crippen LogP contribution >= 0.6 is 11.3 Å². The molecule has 0 saturated carbocycles. The molecule has 3 aromatic rings. The van der Waals surface area contributed by atoms with Crippen molar-refractivity contribution in [2.45, 2.75) is 12.8 Å². The molecule has 0 aliphatic carbocycles. The fourth-order valence-electron chi connectivity index (χ4n) is 2.85. The van der Waals surface area contributed by atoms with Gasteiger partial charge in [-0.3, -0.25) is 14.4 Å². The predicted octanol–water partition coefficient (Wildman–Crippen LogP) is 3.48. The largest absolute Gasteiger partial charge is 0.352 e. The number of carbonyl (C=O) groups is 3. The highest BCUT2D eigenvalue weighted by Gasteiger charge is 2.13. The molecule has 154 valence electrons. The Balaban J connectivity index is 1.48. The molecule has 0 aliphatic heterocycles. The number of hydrogen-bond donors (Lipinski definition) is 3. The number of anilines is 1. The normalized spacial score (nSPS) is 10.3. The number of nitrogens with one attached hydrogen (secondary N) is 3. The topological polar surface area (TPSA) is 87.3 Å². The van der Waals surface area contributed by atoms with Gasteiger partial charge in [-0.1, -0.05) is 42.5 Å². The first-order valence-corrected chi connectivity index (χ1v) is 10.6. The summed E-state index contributed by atoms with van der Waals surface area (Å²) in [4.78, 5) is 36.7. The van der Waals surface area contributed by atoms with E-state index < -0.39 is 0 Å². The molecule has 0 fully saturated rings. The van der Waals surface area contributed by atoms with Gasteiger partial charge in [-0.2, -0.15) is 11.3 Å². The van der Waals surface area contributed by atoms with Crippen LogP contribution in [-0.4, -0.2) is 30.8 Å². The van der Waals surface area contributed by atoms with Crippen molar-refractivity contribution < 1.29 is 14.4 Å². The smallest absolute Gasteiger partial charge is 0.253 e. The van der Waals surface area contributed by atoms with E-state index >= 15 is 0 Å². The molecule has 3 amide bonds. The first-order valence-electron chi connectivity index (χ1n) is 9.65. The second kappa shape index (κ2) is 10.9. The number of thiophene rings is 1. The number of benzene rings is 2. The summed E-state index contributed by atoms with van der Waals surface area (Å²) < 4.78 is 0. The highest BCUT2D eigenvalue weighted by Crippen LogP contribution is 2.15. The maximum absolute atomic E-state index is 12.6. The highest BCUT2D eigenvalue weighted by atomic mass is 32.1. The van der Waals surface area contributed by atoms with Crippen molar-refractivity contribution in [2.75, 3.05) is 18.4 Å². The average molecular weight is 422 g/mol. The molecule has 1 aromatic heterocycles. The fraction of sp³-hybridized carbons (Fsp3) is 0.174. The first-order chi connectivity index (χ1) is 14.6. The van der Waals surface area contributed by atoms with Gasteiger partial charge in [0.1, 0.15) is 0 Å². The van der Waals surface area contributed by atoms with Crippen LogP contribution < -0.4 is 16.0 Å². The molecular formula is C23H23N3O3S. The molecule has 3 rings (SSSR count). The van der Waals surface area contributed by atoms with Crippen molar-refractivity contribution in [3.05, 3.63) is 88.1 Å². The summed E-state index contributed by atoms with van der Waals surface area (Å²) in [5, 5.41) is 11.9. The molecule has 30 heavy (non-hydrogen) atoms. The molecule has 0 atom stereocenters. The summed E-state index contributed by atoms with van der Waals surface area (Å²) in [6, 6.07) is 18.5. The Hall–Kier alpha value is -3.45. The lowest BCUT2D eigenvalue weighted by Crippen LogP contribution is -2.29. The Kier molecular flexibility index (Phi) is 7.74. The standard InChI is InChI=1S/C23H23N3O3S/c27-21(11-14-24-22(28)18-12-15-30-16-18)26-20-9-5-4-8-19(20)23(29)25-13-10-17-6-2-1-3-7-17/h1-9,12,15-16H,10-11,13-14H2,(H,24,28)(H,25,29)(H,26,27). The van der Waals surface area contributed by atoms with E-state index in [0.29, 0.717) is 23.4 Å². The molecule has 3 N–H and O–H groups in total. The lowest BCUT2D eigenvalue weighted by atomic mass is 10.1. The SMILES string of the molecule is O=C(CCNC(=O)c1ccsc1)Nc1ccccc1C(=O)NCCc1ccccc1. The Labute approximate surface area is 179 Å². The molecule has 0 radical (unpaired) electrons. The zero-order chi connectivity index (χ0) is 21.2. The third-order valence-electron chi connectivity index (χ3n) is 4.41. The minimum Gasteiger partial charge on any atom is -0.352 e. The second-order valence-electron chi connectivity index (χ2n) is 6.60. The summed E-state index contributed by atoms with van der Waals surface area (Å²) in [5.74, 6) is -0.722. The lowest BCUT2D eigenvalue weighted by molar-refractivity contribution is -0.116. The molecule has 0 unspecified atom stereocenters. The number of para-hydroxylation sites is 1. The molecule has 0 aliphatic rings. The molecule has 0 saturated heterocycles. The van der Waals surface area contributed by atoms with Gasteiger partial charge in [0.15, 0.2) is 0 Å². The van der Waals surface area contributed by atoms with Crippen LogP contribution in [0.3, 0.4) is 0 Å². The molecule has 2 aromatic carbocycles. The van der Waals surface area contributed by atoms with Gasteiger partial charge >= 0.3 is 0 Å². The van der Waals surface area contributed by atoms with E-state index in [4.69, 9.17) is 0 Å². The van der Waals surface area contributed by atoms with Crippen LogP contribution in [0.15, 0.2) is 71.4 Å². The lowest BCUT2D eigenvalue weighted by Gasteiger charge is -2.12.